The molecule has 1 fully saturated rings. The largest absolute Gasteiger partial charge is 0.134 e. The van der Waals surface area contributed by atoms with Gasteiger partial charge in [-0.2, -0.15) is 0 Å². The SMILES string of the molecule is CCCSC=CC1C(C)CCCC1(C)C. The molecule has 0 amide bonds. The lowest BCUT2D eigenvalue weighted by Gasteiger charge is -2.41. The van der Waals surface area contributed by atoms with Crippen molar-refractivity contribution in [1.82, 2.24) is 0 Å². The first-order valence-electron chi connectivity index (χ1n) is 6.36. The van der Waals surface area contributed by atoms with Crippen molar-refractivity contribution >= 4 is 11.8 Å². The van der Waals surface area contributed by atoms with E-state index in [-0.39, 0.29) is 0 Å². The highest BCUT2D eigenvalue weighted by Crippen LogP contribution is 2.44. The van der Waals surface area contributed by atoms with Gasteiger partial charge in [0.2, 0.25) is 0 Å². The molecule has 0 nitrogen and oxygen atoms in total. The van der Waals surface area contributed by atoms with Gasteiger partial charge in [-0.3, -0.25) is 0 Å². The zero-order valence-electron chi connectivity index (χ0n) is 10.8. The van der Waals surface area contributed by atoms with Gasteiger partial charge in [-0.25, -0.2) is 0 Å². The van der Waals surface area contributed by atoms with Crippen molar-refractivity contribution in [2.24, 2.45) is 17.3 Å². The average Bonchev–Trinajstić information content (AvgIpc) is 2.15. The Morgan fingerprint density at radius 2 is 2.13 bits per heavy atom. The fourth-order valence-electron chi connectivity index (χ4n) is 2.77. The van der Waals surface area contributed by atoms with Crippen molar-refractivity contribution in [2.45, 2.75) is 53.4 Å². The maximum absolute atomic E-state index is 2.48. The third-order valence-corrected chi connectivity index (χ3v) is 4.69. The summed E-state index contributed by atoms with van der Waals surface area (Å²) in [5, 5.41) is 2.34. The Bertz CT molecular complexity index is 205. The molecule has 0 radical (unpaired) electrons. The molecule has 0 saturated heterocycles. The van der Waals surface area contributed by atoms with Gasteiger partial charge in [0.1, 0.15) is 0 Å². The van der Waals surface area contributed by atoms with E-state index in [9.17, 15) is 0 Å². The van der Waals surface area contributed by atoms with E-state index in [0.717, 1.165) is 11.8 Å². The zero-order chi connectivity index (χ0) is 11.3. The van der Waals surface area contributed by atoms with Crippen molar-refractivity contribution in [2.75, 3.05) is 5.75 Å². The summed E-state index contributed by atoms with van der Waals surface area (Å²) in [6, 6.07) is 0. The molecular formula is C14H26S. The Morgan fingerprint density at radius 1 is 1.40 bits per heavy atom. The Morgan fingerprint density at radius 3 is 2.73 bits per heavy atom. The van der Waals surface area contributed by atoms with Gasteiger partial charge in [0.05, 0.1) is 0 Å². The fourth-order valence-corrected chi connectivity index (χ4v) is 3.42. The van der Waals surface area contributed by atoms with E-state index >= 15 is 0 Å². The molecule has 1 rings (SSSR count). The van der Waals surface area contributed by atoms with Crippen LogP contribution in [0.25, 0.3) is 0 Å². The predicted octanol–water partition coefficient (Wildman–Crippen LogP) is 5.11. The lowest BCUT2D eigenvalue weighted by atomic mass is 9.64. The molecule has 1 saturated carbocycles. The molecule has 0 bridgehead atoms. The molecule has 1 heteroatoms. The van der Waals surface area contributed by atoms with E-state index in [1.54, 1.807) is 0 Å². The van der Waals surface area contributed by atoms with E-state index in [4.69, 9.17) is 0 Å². The third kappa shape index (κ3) is 3.86. The molecule has 15 heavy (non-hydrogen) atoms. The second-order valence-corrected chi connectivity index (χ2v) is 6.60. The number of hydrogen-bond donors (Lipinski definition) is 0. The van der Waals surface area contributed by atoms with Crippen LogP contribution in [0.4, 0.5) is 0 Å². The normalized spacial score (nSPS) is 30.9. The predicted molar refractivity (Wildman–Crippen MR) is 72.2 cm³/mol. The van der Waals surface area contributed by atoms with Crippen LogP contribution in [0.5, 0.6) is 0 Å². The summed E-state index contributed by atoms with van der Waals surface area (Å²) < 4.78 is 0. The van der Waals surface area contributed by atoms with Crippen molar-refractivity contribution in [3.8, 4) is 0 Å². The maximum Gasteiger partial charge on any atom is -0.00287 e. The molecule has 88 valence electrons. The molecule has 0 aromatic heterocycles. The Labute approximate surface area is 99.9 Å². The number of allylic oxidation sites excluding steroid dienone is 1. The highest BCUT2D eigenvalue weighted by molar-refractivity contribution is 8.02. The molecule has 0 aliphatic heterocycles. The van der Waals surface area contributed by atoms with Crippen LogP contribution in [-0.4, -0.2) is 5.75 Å². The molecule has 1 aliphatic carbocycles. The third-order valence-electron chi connectivity index (χ3n) is 3.70. The van der Waals surface area contributed by atoms with Crippen molar-refractivity contribution in [3.63, 3.8) is 0 Å². The minimum absolute atomic E-state index is 0.515. The highest BCUT2D eigenvalue weighted by atomic mass is 32.2. The smallest absolute Gasteiger partial charge is 0.00287 e. The first-order chi connectivity index (χ1) is 7.08. The van der Waals surface area contributed by atoms with Crippen molar-refractivity contribution < 1.29 is 0 Å². The summed E-state index contributed by atoms with van der Waals surface area (Å²) in [7, 11) is 0. The van der Waals surface area contributed by atoms with E-state index in [0.29, 0.717) is 5.41 Å². The second kappa shape index (κ2) is 5.98. The van der Waals surface area contributed by atoms with E-state index in [2.05, 4.69) is 39.2 Å². The first kappa shape index (κ1) is 13.2. The summed E-state index contributed by atoms with van der Waals surface area (Å²) in [5.74, 6) is 2.92. The molecule has 2 unspecified atom stereocenters. The van der Waals surface area contributed by atoms with Crippen LogP contribution in [0.2, 0.25) is 0 Å². The van der Waals surface area contributed by atoms with Crippen LogP contribution in [0.15, 0.2) is 11.5 Å². The van der Waals surface area contributed by atoms with Gasteiger partial charge in [0.25, 0.3) is 0 Å². The molecule has 0 heterocycles. The number of thioether (sulfide) groups is 1. The van der Waals surface area contributed by atoms with Crippen LogP contribution in [0.1, 0.15) is 53.4 Å². The minimum atomic E-state index is 0.515. The molecule has 2 atom stereocenters. The van der Waals surface area contributed by atoms with Gasteiger partial charge < -0.3 is 0 Å². The van der Waals surface area contributed by atoms with Crippen LogP contribution < -0.4 is 0 Å². The van der Waals surface area contributed by atoms with Crippen LogP contribution in [-0.2, 0) is 0 Å². The van der Waals surface area contributed by atoms with Crippen LogP contribution >= 0.6 is 11.8 Å². The topological polar surface area (TPSA) is 0 Å². The van der Waals surface area contributed by atoms with Gasteiger partial charge >= 0.3 is 0 Å². The average molecular weight is 226 g/mol. The summed E-state index contributed by atoms with van der Waals surface area (Å²) in [6.45, 7) is 9.53. The lowest BCUT2D eigenvalue weighted by Crippen LogP contribution is -2.32. The molecular weight excluding hydrogens is 200 g/mol. The Hall–Kier alpha value is 0.0900. The lowest BCUT2D eigenvalue weighted by molar-refractivity contribution is 0.123. The monoisotopic (exact) mass is 226 g/mol. The quantitative estimate of drug-likeness (QED) is 0.601. The highest BCUT2D eigenvalue weighted by Gasteiger charge is 2.34. The number of rotatable bonds is 4. The van der Waals surface area contributed by atoms with Crippen LogP contribution in [0, 0.1) is 17.3 Å². The van der Waals surface area contributed by atoms with Crippen LogP contribution in [0.3, 0.4) is 0 Å². The number of hydrogen-bond acceptors (Lipinski definition) is 1. The Balaban J connectivity index is 2.51. The van der Waals surface area contributed by atoms with Crippen molar-refractivity contribution in [1.29, 1.82) is 0 Å². The maximum atomic E-state index is 2.48. The van der Waals surface area contributed by atoms with Gasteiger partial charge in [-0.05, 0) is 41.3 Å². The molecule has 0 N–H and O–H groups in total. The summed E-state index contributed by atoms with van der Waals surface area (Å²) in [6.07, 6.45) is 7.98. The van der Waals surface area contributed by atoms with E-state index in [1.165, 1.54) is 31.4 Å². The van der Waals surface area contributed by atoms with E-state index in [1.807, 2.05) is 11.8 Å². The summed E-state index contributed by atoms with van der Waals surface area (Å²) in [5.41, 5.74) is 0.515. The fraction of sp³-hybridized carbons (Fsp3) is 0.857. The summed E-state index contributed by atoms with van der Waals surface area (Å²) >= 11 is 1.97. The second-order valence-electron chi connectivity index (χ2n) is 5.58. The van der Waals surface area contributed by atoms with Gasteiger partial charge in [0, 0.05) is 0 Å². The Kier molecular flexibility index (Phi) is 5.25. The zero-order valence-corrected chi connectivity index (χ0v) is 11.6. The first-order valence-corrected chi connectivity index (χ1v) is 7.41. The molecule has 0 spiro atoms. The van der Waals surface area contributed by atoms with Gasteiger partial charge in [0.15, 0.2) is 0 Å². The molecule has 1 aliphatic rings. The van der Waals surface area contributed by atoms with E-state index < -0.39 is 0 Å². The van der Waals surface area contributed by atoms with Gasteiger partial charge in [-0.15, -0.1) is 11.8 Å². The minimum Gasteiger partial charge on any atom is -0.134 e. The van der Waals surface area contributed by atoms with Crippen molar-refractivity contribution in [3.05, 3.63) is 11.5 Å². The van der Waals surface area contributed by atoms with Gasteiger partial charge in [-0.1, -0.05) is 46.6 Å². The standard InChI is InChI=1S/C14H26S/c1-5-10-15-11-8-13-12(2)7-6-9-14(13,3)4/h8,11-13H,5-7,9-10H2,1-4H3. The summed E-state index contributed by atoms with van der Waals surface area (Å²) in [4.78, 5) is 0. The molecule has 0 aromatic rings. The molecule has 0 aromatic carbocycles.